The molecule has 0 radical (unpaired) electrons. The maximum absolute atomic E-state index is 2.44. The van der Waals surface area contributed by atoms with Crippen LogP contribution < -0.4 is 9.80 Å². The first-order valence-corrected chi connectivity index (χ1v) is 38.6. The van der Waals surface area contributed by atoms with Gasteiger partial charge in [0.15, 0.2) is 0 Å². The van der Waals surface area contributed by atoms with Gasteiger partial charge in [0, 0.05) is 33.5 Å². The van der Waals surface area contributed by atoms with Crippen molar-refractivity contribution < 1.29 is 0 Å². The monoisotopic (exact) mass is 1420 g/mol. The quantitative estimate of drug-likeness (QED) is 0.0951. The number of fused-ring (bicyclic) bond motifs is 5. The predicted octanol–water partition coefficient (Wildman–Crippen LogP) is 31.1. The molecule has 524 valence electrons. The van der Waals surface area contributed by atoms with Gasteiger partial charge in [0.05, 0.1) is 11.4 Å². The summed E-state index contributed by atoms with van der Waals surface area (Å²) < 4.78 is 0. The fraction of sp³-hybridized carbons (Fsp3) is 0. The van der Waals surface area contributed by atoms with Crippen molar-refractivity contribution >= 4 is 88.0 Å². The van der Waals surface area contributed by atoms with E-state index in [1.54, 1.807) is 0 Å². The second-order valence-electron chi connectivity index (χ2n) is 29.0. The van der Waals surface area contributed by atoms with Crippen LogP contribution in [-0.2, 0) is 0 Å². The molecule has 0 unspecified atom stereocenters. The van der Waals surface area contributed by atoms with E-state index in [1.165, 1.54) is 104 Å². The molecule has 0 aliphatic heterocycles. The topological polar surface area (TPSA) is 6.48 Å². The number of rotatable bonds is 16. The van der Waals surface area contributed by atoms with Crippen LogP contribution in [0.1, 0.15) is 0 Å². The van der Waals surface area contributed by atoms with Crippen LogP contribution in [0.5, 0.6) is 0 Å². The fourth-order valence-electron chi connectivity index (χ4n) is 17.0. The van der Waals surface area contributed by atoms with Gasteiger partial charge in [-0.3, -0.25) is 0 Å². The van der Waals surface area contributed by atoms with Crippen LogP contribution in [0, 0.1) is 0 Å². The Morgan fingerprint density at radius 1 is 0.116 bits per heavy atom. The third-order valence-electron chi connectivity index (χ3n) is 22.5. The highest BCUT2D eigenvalue weighted by molar-refractivity contribution is 6.06. The van der Waals surface area contributed by atoms with E-state index in [2.05, 4.69) is 459 Å². The van der Waals surface area contributed by atoms with Gasteiger partial charge >= 0.3 is 0 Å². The summed E-state index contributed by atoms with van der Waals surface area (Å²) in [4.78, 5) is 4.84. The Labute approximate surface area is 653 Å². The minimum Gasteiger partial charge on any atom is -0.310 e. The number of anilines is 6. The van der Waals surface area contributed by atoms with Crippen molar-refractivity contribution in [1.82, 2.24) is 0 Å². The van der Waals surface area contributed by atoms with Gasteiger partial charge < -0.3 is 9.80 Å². The van der Waals surface area contributed by atoms with Crippen LogP contribution in [0.25, 0.3) is 165 Å². The van der Waals surface area contributed by atoms with Gasteiger partial charge in [-0.2, -0.15) is 0 Å². The van der Waals surface area contributed by atoms with Gasteiger partial charge in [-0.1, -0.05) is 370 Å². The average Bonchev–Trinajstić information content (AvgIpc) is 0.734. The maximum atomic E-state index is 2.44. The molecular weight excluding hydrogens is 1350 g/mol. The summed E-state index contributed by atoms with van der Waals surface area (Å²) in [7, 11) is 0. The van der Waals surface area contributed by atoms with Crippen molar-refractivity contribution in [2.75, 3.05) is 9.80 Å². The van der Waals surface area contributed by atoms with Crippen LogP contribution in [0.15, 0.2) is 449 Å². The van der Waals surface area contributed by atoms with Crippen LogP contribution >= 0.6 is 0 Å². The van der Waals surface area contributed by atoms with Gasteiger partial charge in [-0.05, 0) is 233 Å². The summed E-state index contributed by atoms with van der Waals surface area (Å²) in [6, 6.07) is 165. The minimum absolute atomic E-state index is 1.06. The first kappa shape index (κ1) is 66.7. The van der Waals surface area contributed by atoms with Crippen molar-refractivity contribution in [3.05, 3.63) is 449 Å². The summed E-state index contributed by atoms with van der Waals surface area (Å²) in [5.74, 6) is 0. The summed E-state index contributed by atoms with van der Waals surface area (Å²) >= 11 is 0. The summed E-state index contributed by atoms with van der Waals surface area (Å²) in [5, 5.41) is 12.1. The number of hydrogen-bond donors (Lipinski definition) is 0. The molecule has 0 saturated carbocycles. The third-order valence-corrected chi connectivity index (χ3v) is 22.5. The number of benzene rings is 20. The Hall–Kier alpha value is -14.7. The molecule has 2 heteroatoms. The normalized spacial score (nSPS) is 11.4. The van der Waals surface area contributed by atoms with E-state index in [9.17, 15) is 0 Å². The minimum atomic E-state index is 1.06. The lowest BCUT2D eigenvalue weighted by molar-refractivity contribution is 1.30. The molecule has 0 saturated heterocycles. The lowest BCUT2D eigenvalue weighted by Gasteiger charge is -2.28. The van der Waals surface area contributed by atoms with E-state index in [4.69, 9.17) is 0 Å². The molecule has 0 heterocycles. The van der Waals surface area contributed by atoms with Crippen LogP contribution in [-0.4, -0.2) is 0 Å². The molecule has 2 nitrogen and oxygen atoms in total. The van der Waals surface area contributed by atoms with Gasteiger partial charge in [0.25, 0.3) is 0 Å². The molecule has 0 N–H and O–H groups in total. The van der Waals surface area contributed by atoms with E-state index in [0.29, 0.717) is 0 Å². The van der Waals surface area contributed by atoms with Gasteiger partial charge in [-0.25, -0.2) is 0 Å². The van der Waals surface area contributed by atoms with Crippen molar-refractivity contribution in [3.63, 3.8) is 0 Å². The lowest BCUT2D eigenvalue weighted by Crippen LogP contribution is -2.11. The molecule has 0 aliphatic carbocycles. The average molecular weight is 1420 g/mol. The van der Waals surface area contributed by atoms with E-state index < -0.39 is 0 Å². The Balaban J connectivity index is 0.636. The zero-order valence-corrected chi connectivity index (χ0v) is 61.6. The van der Waals surface area contributed by atoms with Crippen molar-refractivity contribution in [2.45, 2.75) is 0 Å². The molecule has 0 amide bonds. The summed E-state index contributed by atoms with van der Waals surface area (Å²) in [5.41, 5.74) is 30.0. The largest absolute Gasteiger partial charge is 0.310 e. The van der Waals surface area contributed by atoms with Crippen molar-refractivity contribution in [2.24, 2.45) is 0 Å². The molecule has 0 spiro atoms. The zero-order valence-electron chi connectivity index (χ0n) is 61.6. The van der Waals surface area contributed by atoms with Crippen LogP contribution in [0.4, 0.5) is 34.1 Å². The van der Waals surface area contributed by atoms with Crippen LogP contribution in [0.2, 0.25) is 0 Å². The van der Waals surface area contributed by atoms with Gasteiger partial charge in [0.1, 0.15) is 0 Å². The molecule has 112 heavy (non-hydrogen) atoms. The SMILES string of the molecule is c1ccc(-c2cc(N(c3ccc(-c4ccc(-c5ccccc5)c(-c5cccc6ccccc56)c4)cc3)c3cccc4ccccc34)ccc2-c2ccc(-c3cccc(-c4ccc(-c5ccc(N(c6ccc(-c7cccc8ccccc78)cc6)c6cccc7ccccc67)cc5)cc4-c4cccc5ccccc45)c3)cc2)cc1. The van der Waals surface area contributed by atoms with E-state index in [1.807, 2.05) is 0 Å². The van der Waals surface area contributed by atoms with Crippen molar-refractivity contribution in [1.29, 1.82) is 0 Å². The molecule has 0 atom stereocenters. The predicted molar refractivity (Wildman–Crippen MR) is 478 cm³/mol. The fourth-order valence-corrected chi connectivity index (χ4v) is 17.0. The van der Waals surface area contributed by atoms with Gasteiger partial charge in [0.2, 0.25) is 0 Å². The Morgan fingerprint density at radius 2 is 0.384 bits per heavy atom. The first-order chi connectivity index (χ1) is 55.5. The highest BCUT2D eigenvalue weighted by Gasteiger charge is 2.23. The second kappa shape index (κ2) is 29.1. The standard InChI is InChI=1S/C110H74N2/c1-3-23-78(24-4-1)100-68-59-88(72-107(100)104-45-19-33-80-28-8-13-40-97(80)104)77-55-63-93(64-56-77)112(110-48-22-36-83-31-11-16-43-103(83)110)94-67-70-99(106(74-94)84-25-5-2-6-26-84)85-51-49-75(50-52-85)87-37-17-38-90(71-87)101-69-60-89(73-108(101)105-46-20-34-81-29-9-14-41-98(81)105)76-53-61-91(62-54-76)111(109-47-21-35-82-30-10-15-42-102(82)109)92-65-57-86(58-66-92)96-44-18-32-79-27-7-12-39-95(79)96/h1-74H. The summed E-state index contributed by atoms with van der Waals surface area (Å²) in [6.45, 7) is 0. The van der Waals surface area contributed by atoms with Crippen LogP contribution in [0.3, 0.4) is 0 Å². The molecular formula is C110H74N2. The first-order valence-electron chi connectivity index (χ1n) is 38.6. The van der Waals surface area contributed by atoms with E-state index in [-0.39, 0.29) is 0 Å². The molecule has 0 aliphatic rings. The Morgan fingerprint density at radius 3 is 0.866 bits per heavy atom. The van der Waals surface area contributed by atoms with Gasteiger partial charge in [-0.15, -0.1) is 0 Å². The molecule has 20 rings (SSSR count). The maximum Gasteiger partial charge on any atom is 0.0540 e. The molecule has 0 bridgehead atoms. The third kappa shape index (κ3) is 12.6. The number of nitrogens with zero attached hydrogens (tertiary/aromatic N) is 2. The molecule has 0 fully saturated rings. The molecule has 0 aromatic heterocycles. The zero-order chi connectivity index (χ0) is 74.3. The Bertz CT molecular complexity index is 6880. The lowest BCUT2D eigenvalue weighted by atomic mass is 9.88. The highest BCUT2D eigenvalue weighted by Crippen LogP contribution is 2.48. The van der Waals surface area contributed by atoms with E-state index in [0.717, 1.165) is 95.3 Å². The smallest absolute Gasteiger partial charge is 0.0540 e. The molecule has 20 aromatic carbocycles. The summed E-state index contributed by atoms with van der Waals surface area (Å²) in [6.07, 6.45) is 0. The highest BCUT2D eigenvalue weighted by atomic mass is 15.1. The van der Waals surface area contributed by atoms with E-state index >= 15 is 0 Å². The molecule has 20 aromatic rings. The Kier molecular flexibility index (Phi) is 17.3. The van der Waals surface area contributed by atoms with Crippen molar-refractivity contribution in [3.8, 4) is 111 Å². The second-order valence-corrected chi connectivity index (χ2v) is 29.0. The number of hydrogen-bond acceptors (Lipinski definition) is 2.